The van der Waals surface area contributed by atoms with E-state index in [2.05, 4.69) is 17.1 Å². The molecular formula is C17H33ClN2O. The van der Waals surface area contributed by atoms with Crippen LogP contribution < -0.4 is 5.32 Å². The Morgan fingerprint density at radius 1 is 1.10 bits per heavy atom. The Hall–Kier alpha value is -0.280. The second kappa shape index (κ2) is 10.4. The van der Waals surface area contributed by atoms with Crippen LogP contribution in [0, 0.1) is 11.8 Å². The molecule has 1 heterocycles. The van der Waals surface area contributed by atoms with Crippen LogP contribution in [-0.2, 0) is 4.79 Å². The lowest BCUT2D eigenvalue weighted by atomic mass is 9.96. The molecule has 1 N–H and O–H groups in total. The van der Waals surface area contributed by atoms with Crippen molar-refractivity contribution >= 4 is 18.3 Å². The summed E-state index contributed by atoms with van der Waals surface area (Å²) in [5, 5.41) is 3.42. The minimum absolute atomic E-state index is 0. The van der Waals surface area contributed by atoms with Crippen molar-refractivity contribution in [3.05, 3.63) is 0 Å². The van der Waals surface area contributed by atoms with Gasteiger partial charge in [0.1, 0.15) is 0 Å². The van der Waals surface area contributed by atoms with Crippen molar-refractivity contribution in [2.75, 3.05) is 26.2 Å². The lowest BCUT2D eigenvalue weighted by Crippen LogP contribution is -2.40. The third-order valence-electron chi connectivity index (χ3n) is 5.13. The number of likely N-dealkylation sites (tertiary alicyclic amines) is 1. The number of rotatable bonds is 7. The molecule has 0 atom stereocenters. The summed E-state index contributed by atoms with van der Waals surface area (Å²) >= 11 is 0. The third kappa shape index (κ3) is 6.56. The summed E-state index contributed by atoms with van der Waals surface area (Å²) in [5.41, 5.74) is 0. The molecule has 2 fully saturated rings. The van der Waals surface area contributed by atoms with Gasteiger partial charge in [0.25, 0.3) is 0 Å². The lowest BCUT2D eigenvalue weighted by molar-refractivity contribution is -0.132. The van der Waals surface area contributed by atoms with Gasteiger partial charge >= 0.3 is 0 Å². The van der Waals surface area contributed by atoms with Gasteiger partial charge in [-0.2, -0.15) is 0 Å². The Morgan fingerprint density at radius 2 is 1.76 bits per heavy atom. The van der Waals surface area contributed by atoms with Gasteiger partial charge in [-0.3, -0.25) is 4.79 Å². The van der Waals surface area contributed by atoms with Crippen LogP contribution in [-0.4, -0.2) is 37.0 Å². The summed E-state index contributed by atoms with van der Waals surface area (Å²) in [6.45, 7) is 6.31. The molecule has 2 rings (SSSR count). The van der Waals surface area contributed by atoms with Crippen LogP contribution in [0.3, 0.4) is 0 Å². The Morgan fingerprint density at radius 3 is 2.38 bits per heavy atom. The van der Waals surface area contributed by atoms with Crippen molar-refractivity contribution in [2.45, 2.75) is 64.7 Å². The van der Waals surface area contributed by atoms with Crippen LogP contribution in [0.15, 0.2) is 0 Å². The molecule has 0 unspecified atom stereocenters. The molecule has 3 nitrogen and oxygen atoms in total. The maximum absolute atomic E-state index is 12.2. The molecule has 1 aliphatic carbocycles. The molecule has 0 aromatic rings. The summed E-state index contributed by atoms with van der Waals surface area (Å²) in [4.78, 5) is 14.3. The van der Waals surface area contributed by atoms with Crippen molar-refractivity contribution in [3.8, 4) is 0 Å². The Kier molecular flexibility index (Phi) is 9.34. The van der Waals surface area contributed by atoms with E-state index in [9.17, 15) is 4.79 Å². The second-order valence-corrected chi connectivity index (χ2v) is 6.67. The lowest BCUT2D eigenvalue weighted by Gasteiger charge is -2.32. The first kappa shape index (κ1) is 18.8. The van der Waals surface area contributed by atoms with Gasteiger partial charge in [0.15, 0.2) is 0 Å². The van der Waals surface area contributed by atoms with Crippen LogP contribution >= 0.6 is 12.4 Å². The average molecular weight is 317 g/mol. The summed E-state index contributed by atoms with van der Waals surface area (Å²) in [5.74, 6) is 2.11. The zero-order valence-corrected chi connectivity index (χ0v) is 14.4. The highest BCUT2D eigenvalue weighted by Crippen LogP contribution is 2.29. The van der Waals surface area contributed by atoms with E-state index in [0.717, 1.165) is 50.9 Å². The SMILES string of the molecule is CCNCC1CCN(C(=O)CCCC2CCCC2)CC1.Cl. The van der Waals surface area contributed by atoms with E-state index in [0.29, 0.717) is 5.91 Å². The van der Waals surface area contributed by atoms with Gasteiger partial charge in [-0.25, -0.2) is 0 Å². The smallest absolute Gasteiger partial charge is 0.222 e. The molecule has 0 aromatic heterocycles. The van der Waals surface area contributed by atoms with Gasteiger partial charge < -0.3 is 10.2 Å². The first-order valence-electron chi connectivity index (χ1n) is 8.78. The number of nitrogens with zero attached hydrogens (tertiary/aromatic N) is 1. The molecule has 1 saturated carbocycles. The number of nitrogens with one attached hydrogen (secondary N) is 1. The standard InChI is InChI=1S/C17H32N2O.ClH/c1-2-18-14-16-10-12-19(13-11-16)17(20)9-5-8-15-6-3-4-7-15;/h15-16,18H,2-14H2,1H3;1H. The average Bonchev–Trinajstić information content (AvgIpc) is 2.99. The first-order chi connectivity index (χ1) is 9.79. The van der Waals surface area contributed by atoms with Crippen LogP contribution in [0.25, 0.3) is 0 Å². The number of amides is 1. The Balaban J connectivity index is 0.00000220. The van der Waals surface area contributed by atoms with E-state index >= 15 is 0 Å². The van der Waals surface area contributed by atoms with Gasteiger partial charge in [-0.15, -0.1) is 12.4 Å². The molecule has 0 bridgehead atoms. The predicted molar refractivity (Wildman–Crippen MR) is 90.9 cm³/mol. The third-order valence-corrected chi connectivity index (χ3v) is 5.13. The van der Waals surface area contributed by atoms with Crippen molar-refractivity contribution in [3.63, 3.8) is 0 Å². The molecule has 1 amide bonds. The van der Waals surface area contributed by atoms with E-state index in [1.807, 2.05) is 0 Å². The largest absolute Gasteiger partial charge is 0.343 e. The first-order valence-corrected chi connectivity index (χ1v) is 8.78. The Bertz CT molecular complexity index is 285. The van der Waals surface area contributed by atoms with Crippen molar-refractivity contribution in [1.29, 1.82) is 0 Å². The maximum atomic E-state index is 12.2. The predicted octanol–water partition coefficient (Wildman–Crippen LogP) is 3.62. The highest BCUT2D eigenvalue weighted by atomic mass is 35.5. The van der Waals surface area contributed by atoms with Crippen LogP contribution in [0.2, 0.25) is 0 Å². The summed E-state index contributed by atoms with van der Waals surface area (Å²) in [6.07, 6.45) is 11.2. The molecule has 2 aliphatic rings. The molecular weight excluding hydrogens is 284 g/mol. The van der Waals surface area contributed by atoms with Crippen LogP contribution in [0.4, 0.5) is 0 Å². The fourth-order valence-electron chi connectivity index (χ4n) is 3.73. The summed E-state index contributed by atoms with van der Waals surface area (Å²) in [6, 6.07) is 0. The van der Waals surface area contributed by atoms with Gasteiger partial charge in [0.05, 0.1) is 0 Å². The second-order valence-electron chi connectivity index (χ2n) is 6.67. The molecule has 0 spiro atoms. The highest BCUT2D eigenvalue weighted by Gasteiger charge is 2.22. The normalized spacial score (nSPS) is 20.5. The van der Waals surface area contributed by atoms with E-state index < -0.39 is 0 Å². The minimum Gasteiger partial charge on any atom is -0.343 e. The van der Waals surface area contributed by atoms with E-state index in [1.165, 1.54) is 44.9 Å². The minimum atomic E-state index is 0. The number of carbonyl (C=O) groups is 1. The number of halogens is 1. The maximum Gasteiger partial charge on any atom is 0.222 e. The molecule has 21 heavy (non-hydrogen) atoms. The summed E-state index contributed by atoms with van der Waals surface area (Å²) in [7, 11) is 0. The quantitative estimate of drug-likeness (QED) is 0.778. The molecule has 1 aliphatic heterocycles. The molecule has 4 heteroatoms. The van der Waals surface area contributed by atoms with Gasteiger partial charge in [-0.05, 0) is 50.6 Å². The monoisotopic (exact) mass is 316 g/mol. The van der Waals surface area contributed by atoms with Crippen molar-refractivity contribution in [2.24, 2.45) is 11.8 Å². The van der Waals surface area contributed by atoms with Gasteiger partial charge in [0, 0.05) is 19.5 Å². The van der Waals surface area contributed by atoms with Gasteiger partial charge in [-0.1, -0.05) is 32.6 Å². The van der Waals surface area contributed by atoms with Crippen LogP contribution in [0.5, 0.6) is 0 Å². The van der Waals surface area contributed by atoms with E-state index in [4.69, 9.17) is 0 Å². The molecule has 124 valence electrons. The zero-order chi connectivity index (χ0) is 14.2. The fourth-order valence-corrected chi connectivity index (χ4v) is 3.73. The Labute approximate surface area is 136 Å². The summed E-state index contributed by atoms with van der Waals surface area (Å²) < 4.78 is 0. The number of piperidine rings is 1. The molecule has 0 radical (unpaired) electrons. The number of carbonyl (C=O) groups excluding carboxylic acids is 1. The molecule has 1 saturated heterocycles. The number of hydrogen-bond donors (Lipinski definition) is 1. The topological polar surface area (TPSA) is 32.3 Å². The van der Waals surface area contributed by atoms with Crippen LogP contribution in [0.1, 0.15) is 64.7 Å². The highest BCUT2D eigenvalue weighted by molar-refractivity contribution is 5.85. The number of hydrogen-bond acceptors (Lipinski definition) is 2. The van der Waals surface area contributed by atoms with Gasteiger partial charge in [0.2, 0.25) is 5.91 Å². The van der Waals surface area contributed by atoms with Crippen molar-refractivity contribution in [1.82, 2.24) is 10.2 Å². The molecule has 0 aromatic carbocycles. The fraction of sp³-hybridized carbons (Fsp3) is 0.941. The zero-order valence-electron chi connectivity index (χ0n) is 13.6. The van der Waals surface area contributed by atoms with E-state index in [1.54, 1.807) is 0 Å². The van der Waals surface area contributed by atoms with Crippen molar-refractivity contribution < 1.29 is 4.79 Å². The van der Waals surface area contributed by atoms with E-state index in [-0.39, 0.29) is 12.4 Å².